The average molecular weight is 333 g/mol. The molecule has 0 fully saturated rings. The van der Waals surface area contributed by atoms with Gasteiger partial charge >= 0.3 is 11.9 Å². The Kier molecular flexibility index (Phi) is 8.82. The lowest BCUT2D eigenvalue weighted by molar-refractivity contribution is -0.142. The van der Waals surface area contributed by atoms with E-state index in [1.807, 2.05) is 13.8 Å². The molecule has 1 aromatic carbocycles. The van der Waals surface area contributed by atoms with Crippen molar-refractivity contribution in [2.24, 2.45) is 0 Å². The number of carbonyl (C=O) groups excluding carboxylic acids is 1. The van der Waals surface area contributed by atoms with Gasteiger partial charge in [-0.2, -0.15) is 0 Å². The summed E-state index contributed by atoms with van der Waals surface area (Å²) in [4.78, 5) is 21.8. The summed E-state index contributed by atoms with van der Waals surface area (Å²) in [5, 5.41) is 8.46. The lowest BCUT2D eigenvalue weighted by Gasteiger charge is -2.09. The third-order valence-corrected chi connectivity index (χ3v) is 2.74. The number of esters is 1. The van der Waals surface area contributed by atoms with Crippen LogP contribution in [-0.4, -0.2) is 30.8 Å². The van der Waals surface area contributed by atoms with E-state index in [-0.39, 0.29) is 6.61 Å². The highest BCUT2D eigenvalue weighted by molar-refractivity contribution is 9.10. The summed E-state index contributed by atoms with van der Waals surface area (Å²) in [6.45, 7) is 3.61. The molecule has 5 nitrogen and oxygen atoms in total. The van der Waals surface area contributed by atoms with Crippen LogP contribution in [-0.2, 0) is 20.9 Å². The third-order valence-electron chi connectivity index (χ3n) is 2.00. The highest BCUT2D eigenvalue weighted by Gasteiger charge is 2.14. The van der Waals surface area contributed by atoms with Crippen molar-refractivity contribution in [1.29, 1.82) is 0 Å². The van der Waals surface area contributed by atoms with Crippen molar-refractivity contribution in [1.82, 2.24) is 0 Å². The van der Waals surface area contributed by atoms with E-state index >= 15 is 0 Å². The quantitative estimate of drug-likeness (QED) is 0.839. The lowest BCUT2D eigenvalue weighted by Crippen LogP contribution is -2.11. The summed E-state index contributed by atoms with van der Waals surface area (Å²) in [5.74, 6) is -1.54. The molecule has 19 heavy (non-hydrogen) atoms. The van der Waals surface area contributed by atoms with Crippen LogP contribution in [0, 0.1) is 0 Å². The number of rotatable bonds is 5. The maximum absolute atomic E-state index is 11.5. The molecular weight excluding hydrogens is 316 g/mol. The van der Waals surface area contributed by atoms with E-state index in [0.29, 0.717) is 15.6 Å². The standard InChI is InChI=1S/C11H11BrO5.C2H6/c1-16-11(15)7-3-2-4-9(12)8(7)5-17-6-10(13)14;1-2/h2-4H,5-6H2,1H3,(H,13,14);1-2H3. The zero-order valence-corrected chi connectivity index (χ0v) is 12.7. The van der Waals surface area contributed by atoms with Gasteiger partial charge in [0.2, 0.25) is 0 Å². The molecule has 0 aromatic heterocycles. The monoisotopic (exact) mass is 332 g/mol. The number of benzene rings is 1. The van der Waals surface area contributed by atoms with Crippen molar-refractivity contribution in [2.45, 2.75) is 20.5 Å². The van der Waals surface area contributed by atoms with Crippen LogP contribution in [0.1, 0.15) is 29.8 Å². The van der Waals surface area contributed by atoms with Crippen LogP contribution in [0.5, 0.6) is 0 Å². The van der Waals surface area contributed by atoms with Crippen molar-refractivity contribution < 1.29 is 24.2 Å². The third kappa shape index (κ3) is 5.85. The zero-order valence-electron chi connectivity index (χ0n) is 11.1. The number of ether oxygens (including phenoxy) is 2. The minimum Gasteiger partial charge on any atom is -0.480 e. The van der Waals surface area contributed by atoms with E-state index in [4.69, 9.17) is 9.84 Å². The number of hydrogen-bond acceptors (Lipinski definition) is 4. The minimum atomic E-state index is -1.06. The molecule has 0 aliphatic rings. The van der Waals surface area contributed by atoms with Gasteiger partial charge in [-0.15, -0.1) is 0 Å². The Balaban J connectivity index is 0.00000154. The first-order valence-corrected chi connectivity index (χ1v) is 6.50. The topological polar surface area (TPSA) is 72.8 Å². The van der Waals surface area contributed by atoms with E-state index in [1.165, 1.54) is 7.11 Å². The molecule has 1 N–H and O–H groups in total. The molecule has 0 unspecified atom stereocenters. The molecular formula is C13H17BrO5. The molecule has 0 aliphatic heterocycles. The van der Waals surface area contributed by atoms with Gasteiger partial charge in [0.1, 0.15) is 6.61 Å². The van der Waals surface area contributed by atoms with Crippen LogP contribution in [0.2, 0.25) is 0 Å². The van der Waals surface area contributed by atoms with E-state index in [1.54, 1.807) is 18.2 Å². The van der Waals surface area contributed by atoms with Crippen LogP contribution in [0.3, 0.4) is 0 Å². The second kappa shape index (κ2) is 9.52. The molecule has 1 aromatic rings. The first-order chi connectivity index (χ1) is 9.06. The fraction of sp³-hybridized carbons (Fsp3) is 0.385. The van der Waals surface area contributed by atoms with Crippen LogP contribution < -0.4 is 0 Å². The summed E-state index contributed by atoms with van der Waals surface area (Å²) in [6.07, 6.45) is 0. The van der Waals surface area contributed by atoms with Gasteiger partial charge in [-0.1, -0.05) is 35.8 Å². The SMILES string of the molecule is CC.COC(=O)c1cccc(Br)c1COCC(=O)O. The largest absolute Gasteiger partial charge is 0.480 e. The molecule has 0 aliphatic carbocycles. The van der Waals surface area contributed by atoms with Crippen LogP contribution in [0.25, 0.3) is 0 Å². The second-order valence-electron chi connectivity index (χ2n) is 3.14. The zero-order chi connectivity index (χ0) is 14.8. The fourth-order valence-corrected chi connectivity index (χ4v) is 1.73. The normalized spacial score (nSPS) is 9.26. The Morgan fingerprint density at radius 2 is 1.95 bits per heavy atom. The Labute approximate surface area is 120 Å². The molecule has 0 atom stereocenters. The van der Waals surface area contributed by atoms with Crippen molar-refractivity contribution in [3.63, 3.8) is 0 Å². The van der Waals surface area contributed by atoms with E-state index in [2.05, 4.69) is 20.7 Å². The summed E-state index contributed by atoms with van der Waals surface area (Å²) in [6, 6.07) is 5.03. The number of methoxy groups -OCH3 is 1. The van der Waals surface area contributed by atoms with Crippen molar-refractivity contribution >= 4 is 27.9 Å². The molecule has 0 saturated carbocycles. The molecule has 0 bridgehead atoms. The molecule has 0 heterocycles. The van der Waals surface area contributed by atoms with Gasteiger partial charge < -0.3 is 14.6 Å². The predicted octanol–water partition coefficient (Wildman–Crippen LogP) is 2.86. The second-order valence-corrected chi connectivity index (χ2v) is 4.00. The van der Waals surface area contributed by atoms with E-state index in [0.717, 1.165) is 0 Å². The number of carbonyl (C=O) groups is 2. The lowest BCUT2D eigenvalue weighted by atomic mass is 10.1. The highest BCUT2D eigenvalue weighted by Crippen LogP contribution is 2.22. The average Bonchev–Trinajstić information content (AvgIpc) is 2.41. The van der Waals surface area contributed by atoms with Gasteiger partial charge in [0.05, 0.1) is 19.3 Å². The molecule has 1 rings (SSSR count). The summed E-state index contributed by atoms with van der Waals surface area (Å²) >= 11 is 3.28. The molecule has 106 valence electrons. The van der Waals surface area contributed by atoms with Gasteiger partial charge in [0.25, 0.3) is 0 Å². The highest BCUT2D eigenvalue weighted by atomic mass is 79.9. The maximum Gasteiger partial charge on any atom is 0.338 e. The smallest absolute Gasteiger partial charge is 0.338 e. The van der Waals surface area contributed by atoms with Crippen LogP contribution >= 0.6 is 15.9 Å². The summed E-state index contributed by atoms with van der Waals surface area (Å²) in [5.41, 5.74) is 0.924. The Morgan fingerprint density at radius 1 is 1.32 bits per heavy atom. The Hall–Kier alpha value is -1.40. The first kappa shape index (κ1) is 17.6. The van der Waals surface area contributed by atoms with Crippen molar-refractivity contribution in [3.05, 3.63) is 33.8 Å². The van der Waals surface area contributed by atoms with Gasteiger partial charge in [-0.25, -0.2) is 9.59 Å². The molecule has 6 heteroatoms. The van der Waals surface area contributed by atoms with Gasteiger partial charge in [-0.05, 0) is 12.1 Å². The summed E-state index contributed by atoms with van der Waals surface area (Å²) < 4.78 is 10.3. The number of carboxylic acid groups (broad SMARTS) is 1. The van der Waals surface area contributed by atoms with E-state index < -0.39 is 18.5 Å². The van der Waals surface area contributed by atoms with E-state index in [9.17, 15) is 9.59 Å². The number of hydrogen-bond donors (Lipinski definition) is 1. The summed E-state index contributed by atoms with van der Waals surface area (Å²) in [7, 11) is 1.28. The number of halogens is 1. The molecule has 0 amide bonds. The predicted molar refractivity (Wildman–Crippen MR) is 74.1 cm³/mol. The molecule has 0 spiro atoms. The number of aliphatic carboxylic acids is 1. The van der Waals surface area contributed by atoms with Gasteiger partial charge in [0.15, 0.2) is 0 Å². The van der Waals surface area contributed by atoms with Gasteiger partial charge in [0, 0.05) is 10.0 Å². The van der Waals surface area contributed by atoms with Crippen LogP contribution in [0.4, 0.5) is 0 Å². The first-order valence-electron chi connectivity index (χ1n) is 5.71. The van der Waals surface area contributed by atoms with Crippen molar-refractivity contribution in [3.8, 4) is 0 Å². The van der Waals surface area contributed by atoms with Crippen molar-refractivity contribution in [2.75, 3.05) is 13.7 Å². The van der Waals surface area contributed by atoms with Crippen LogP contribution in [0.15, 0.2) is 22.7 Å². The number of carboxylic acids is 1. The Bertz CT molecular complexity index is 431. The van der Waals surface area contributed by atoms with Gasteiger partial charge in [-0.3, -0.25) is 0 Å². The fourth-order valence-electron chi connectivity index (χ4n) is 1.25. The maximum atomic E-state index is 11.5. The molecule has 0 radical (unpaired) electrons. The minimum absolute atomic E-state index is 0.0259. The Morgan fingerprint density at radius 3 is 2.47 bits per heavy atom. The molecule has 0 saturated heterocycles.